The number of benzene rings is 3. The van der Waals surface area contributed by atoms with Crippen molar-refractivity contribution in [3.05, 3.63) is 89.7 Å². The first-order valence-electron chi connectivity index (χ1n) is 14.7. The van der Waals surface area contributed by atoms with E-state index < -0.39 is 34.3 Å². The Morgan fingerprint density at radius 3 is 2.30 bits per heavy atom. The predicted molar refractivity (Wildman–Crippen MR) is 165 cm³/mol. The second kappa shape index (κ2) is 14.5. The lowest BCUT2D eigenvalue weighted by atomic mass is 9.95. The number of carbonyl (C=O) groups excluding carboxylic acids is 2. The first-order valence-corrected chi connectivity index (χ1v) is 16.1. The topological polar surface area (TPSA) is 96.0 Å². The van der Waals surface area contributed by atoms with Crippen LogP contribution in [0.4, 0.5) is 10.1 Å². The van der Waals surface area contributed by atoms with Crippen LogP contribution in [0.15, 0.2) is 77.7 Å². The number of hydrogen-bond acceptors (Lipinski definition) is 5. The third kappa shape index (κ3) is 7.93. The first kappa shape index (κ1) is 32.0. The van der Waals surface area contributed by atoms with E-state index in [0.29, 0.717) is 12.0 Å². The van der Waals surface area contributed by atoms with Crippen molar-refractivity contribution in [3.8, 4) is 5.75 Å². The minimum absolute atomic E-state index is 0.000115. The molecule has 0 aliphatic heterocycles. The summed E-state index contributed by atoms with van der Waals surface area (Å²) in [7, 11) is -2.79. The van der Waals surface area contributed by atoms with Gasteiger partial charge in [-0.1, -0.05) is 62.6 Å². The van der Waals surface area contributed by atoms with Gasteiger partial charge in [0, 0.05) is 12.6 Å². The highest BCUT2D eigenvalue weighted by Gasteiger charge is 2.35. The molecule has 1 unspecified atom stereocenters. The van der Waals surface area contributed by atoms with E-state index in [-0.39, 0.29) is 34.8 Å². The fourth-order valence-corrected chi connectivity index (χ4v) is 6.92. The van der Waals surface area contributed by atoms with Gasteiger partial charge in [0.15, 0.2) is 0 Å². The van der Waals surface area contributed by atoms with Gasteiger partial charge in [-0.2, -0.15) is 0 Å². The largest absolute Gasteiger partial charge is 0.495 e. The van der Waals surface area contributed by atoms with E-state index in [4.69, 9.17) is 4.74 Å². The fraction of sp³-hybridized carbons (Fsp3) is 0.394. The van der Waals surface area contributed by atoms with Crippen molar-refractivity contribution in [1.29, 1.82) is 0 Å². The number of methoxy groups -OCH3 is 1. The van der Waals surface area contributed by atoms with Crippen LogP contribution in [-0.2, 0) is 26.2 Å². The molecule has 3 aromatic carbocycles. The maximum Gasteiger partial charge on any atom is 0.264 e. The van der Waals surface area contributed by atoms with E-state index in [2.05, 4.69) is 5.32 Å². The lowest BCUT2D eigenvalue weighted by Crippen LogP contribution is -2.54. The molecule has 1 saturated carbocycles. The molecule has 1 atom stereocenters. The molecule has 0 aromatic heterocycles. The number of hydrogen-bond donors (Lipinski definition) is 1. The van der Waals surface area contributed by atoms with Gasteiger partial charge < -0.3 is 15.0 Å². The molecule has 230 valence electrons. The molecule has 0 heterocycles. The summed E-state index contributed by atoms with van der Waals surface area (Å²) < 4.78 is 48.4. The smallest absolute Gasteiger partial charge is 0.264 e. The molecule has 2 amide bonds. The zero-order valence-electron chi connectivity index (χ0n) is 25.0. The van der Waals surface area contributed by atoms with Gasteiger partial charge in [0.25, 0.3) is 10.0 Å². The molecule has 43 heavy (non-hydrogen) atoms. The number of halogens is 1. The lowest BCUT2D eigenvalue weighted by molar-refractivity contribution is -0.140. The average molecular weight is 610 g/mol. The van der Waals surface area contributed by atoms with E-state index in [1.807, 2.05) is 13.8 Å². The maximum atomic E-state index is 14.3. The highest BCUT2D eigenvalue weighted by atomic mass is 32.2. The molecule has 0 saturated heterocycles. The molecule has 10 heteroatoms. The van der Waals surface area contributed by atoms with Gasteiger partial charge in [-0.25, -0.2) is 12.8 Å². The van der Waals surface area contributed by atoms with Crippen molar-refractivity contribution in [3.63, 3.8) is 0 Å². The first-order chi connectivity index (χ1) is 20.6. The number of nitrogens with one attached hydrogen (secondary N) is 1. The summed E-state index contributed by atoms with van der Waals surface area (Å²) in [5.41, 5.74) is 1.60. The normalized spacial score (nSPS) is 14.5. The number of nitrogens with zero attached hydrogens (tertiary/aromatic N) is 2. The van der Waals surface area contributed by atoms with Crippen molar-refractivity contribution in [2.45, 2.75) is 75.9 Å². The standard InChI is InChI=1S/C33H40FN3O5S/c1-4-29(33(39)35-27-11-7-5-8-12-27)36(22-25-16-18-26(34)19-17-25)32(38)23-37(30-21-24(2)15-20-31(30)42-3)43(40,41)28-13-9-6-10-14-28/h6,9-10,13-21,27,29H,4-5,7-8,11-12,22-23H2,1-3H3,(H,35,39). The van der Waals surface area contributed by atoms with Crippen LogP contribution >= 0.6 is 0 Å². The Morgan fingerprint density at radius 1 is 1.00 bits per heavy atom. The summed E-state index contributed by atoms with van der Waals surface area (Å²) in [4.78, 5) is 29.3. The number of aryl methyl sites for hydroxylation is 1. The van der Waals surface area contributed by atoms with Gasteiger partial charge in [-0.05, 0) is 73.7 Å². The Labute approximate surface area is 253 Å². The number of rotatable bonds is 12. The monoisotopic (exact) mass is 609 g/mol. The zero-order chi connectivity index (χ0) is 31.0. The highest BCUT2D eigenvalue weighted by molar-refractivity contribution is 7.92. The van der Waals surface area contributed by atoms with E-state index >= 15 is 0 Å². The molecule has 0 radical (unpaired) electrons. The molecular weight excluding hydrogens is 569 g/mol. The number of sulfonamides is 1. The average Bonchev–Trinajstić information content (AvgIpc) is 3.01. The molecule has 3 aromatic rings. The van der Waals surface area contributed by atoms with Crippen molar-refractivity contribution in [2.24, 2.45) is 0 Å². The van der Waals surface area contributed by atoms with Crippen LogP contribution in [0, 0.1) is 12.7 Å². The fourth-order valence-electron chi connectivity index (χ4n) is 5.48. The third-order valence-electron chi connectivity index (χ3n) is 7.82. The Hall–Kier alpha value is -3.92. The number of amides is 2. The van der Waals surface area contributed by atoms with Crippen LogP contribution in [0.25, 0.3) is 0 Å². The minimum atomic E-state index is -4.23. The highest BCUT2D eigenvalue weighted by Crippen LogP contribution is 2.34. The van der Waals surface area contributed by atoms with Gasteiger partial charge >= 0.3 is 0 Å². The van der Waals surface area contributed by atoms with Gasteiger partial charge in [0.2, 0.25) is 11.8 Å². The minimum Gasteiger partial charge on any atom is -0.495 e. The lowest BCUT2D eigenvalue weighted by Gasteiger charge is -2.34. The van der Waals surface area contributed by atoms with Crippen LogP contribution in [0.2, 0.25) is 0 Å². The number of ether oxygens (including phenoxy) is 1. The van der Waals surface area contributed by atoms with Crippen LogP contribution in [-0.4, -0.2) is 50.9 Å². The molecule has 8 nitrogen and oxygen atoms in total. The molecule has 0 bridgehead atoms. The summed E-state index contributed by atoms with van der Waals surface area (Å²) in [6, 6.07) is 17.9. The van der Waals surface area contributed by atoms with Crippen LogP contribution in [0.1, 0.15) is 56.6 Å². The zero-order valence-corrected chi connectivity index (χ0v) is 25.8. The Balaban J connectivity index is 1.74. The van der Waals surface area contributed by atoms with Crippen molar-refractivity contribution >= 4 is 27.5 Å². The quantitative estimate of drug-likeness (QED) is 0.289. The van der Waals surface area contributed by atoms with Gasteiger partial charge in [0.05, 0.1) is 17.7 Å². The van der Waals surface area contributed by atoms with E-state index in [0.717, 1.165) is 42.0 Å². The summed E-state index contributed by atoms with van der Waals surface area (Å²) in [5, 5.41) is 3.12. The van der Waals surface area contributed by atoms with Gasteiger partial charge in [-0.3, -0.25) is 13.9 Å². The molecule has 1 N–H and O–H groups in total. The summed E-state index contributed by atoms with van der Waals surface area (Å²) >= 11 is 0. The summed E-state index contributed by atoms with van der Waals surface area (Å²) in [5.74, 6) is -0.992. The van der Waals surface area contributed by atoms with Crippen molar-refractivity contribution < 1.29 is 27.1 Å². The Kier molecular flexibility index (Phi) is 10.8. The van der Waals surface area contributed by atoms with E-state index in [1.165, 1.54) is 36.3 Å². The van der Waals surface area contributed by atoms with Crippen molar-refractivity contribution in [2.75, 3.05) is 18.0 Å². The van der Waals surface area contributed by atoms with Gasteiger partial charge in [-0.15, -0.1) is 0 Å². The molecule has 4 rings (SSSR count). The maximum absolute atomic E-state index is 14.3. The molecular formula is C33H40FN3O5S. The van der Waals surface area contributed by atoms with Gasteiger partial charge in [0.1, 0.15) is 24.2 Å². The number of carbonyl (C=O) groups is 2. The SMILES string of the molecule is CCC(C(=O)NC1CCCCC1)N(Cc1ccc(F)cc1)C(=O)CN(c1cc(C)ccc1OC)S(=O)(=O)c1ccccc1. The number of anilines is 1. The second-order valence-corrected chi connectivity index (χ2v) is 12.8. The summed E-state index contributed by atoms with van der Waals surface area (Å²) in [6.45, 7) is 3.06. The third-order valence-corrected chi connectivity index (χ3v) is 9.59. The Morgan fingerprint density at radius 2 is 1.67 bits per heavy atom. The van der Waals surface area contributed by atoms with Crippen molar-refractivity contribution in [1.82, 2.24) is 10.2 Å². The molecule has 1 fully saturated rings. The van der Waals surface area contributed by atoms with Crippen LogP contribution in [0.3, 0.4) is 0 Å². The molecule has 1 aliphatic carbocycles. The van der Waals surface area contributed by atoms with Crippen LogP contribution in [0.5, 0.6) is 5.75 Å². The van der Waals surface area contributed by atoms with Crippen LogP contribution < -0.4 is 14.4 Å². The molecule has 0 spiro atoms. The predicted octanol–water partition coefficient (Wildman–Crippen LogP) is 5.59. The van der Waals surface area contributed by atoms with E-state index in [1.54, 1.807) is 48.5 Å². The second-order valence-electron chi connectivity index (χ2n) is 10.9. The van der Waals surface area contributed by atoms with E-state index in [9.17, 15) is 22.4 Å². The molecule has 1 aliphatic rings. The Bertz CT molecular complexity index is 1490. The summed E-state index contributed by atoms with van der Waals surface area (Å²) in [6.07, 6.45) is 5.27.